The van der Waals surface area contributed by atoms with Gasteiger partial charge in [-0.15, -0.1) is 0 Å². The zero-order chi connectivity index (χ0) is 23.8. The number of aromatic nitrogens is 1. The number of pyridine rings is 1. The van der Waals surface area contributed by atoms with Crippen molar-refractivity contribution in [3.63, 3.8) is 0 Å². The Bertz CT molecular complexity index is 1240. The van der Waals surface area contributed by atoms with Crippen molar-refractivity contribution in [3.8, 4) is 5.75 Å². The van der Waals surface area contributed by atoms with E-state index < -0.39 is 0 Å². The first kappa shape index (κ1) is 21.9. The van der Waals surface area contributed by atoms with Gasteiger partial charge in [-0.2, -0.15) is 0 Å². The van der Waals surface area contributed by atoms with E-state index in [0.717, 1.165) is 78.9 Å². The Morgan fingerprint density at radius 2 is 1.97 bits per heavy atom. The summed E-state index contributed by atoms with van der Waals surface area (Å²) >= 11 is 0. The lowest BCUT2D eigenvalue weighted by atomic mass is 9.82. The zero-order valence-electron chi connectivity index (χ0n) is 20.0. The van der Waals surface area contributed by atoms with Gasteiger partial charge in [0.15, 0.2) is 0 Å². The van der Waals surface area contributed by atoms with E-state index in [4.69, 9.17) is 9.47 Å². The van der Waals surface area contributed by atoms with Gasteiger partial charge in [-0.1, -0.05) is 18.2 Å². The van der Waals surface area contributed by atoms with Crippen LogP contribution in [0.15, 0.2) is 54.7 Å². The Balaban J connectivity index is 1.37. The fraction of sp³-hybridized carbons (Fsp3) is 0.357. The molecule has 1 N–H and O–H groups in total. The minimum Gasteiger partial charge on any atom is -0.496 e. The molecule has 1 aliphatic carbocycles. The van der Waals surface area contributed by atoms with Crippen molar-refractivity contribution in [2.45, 2.75) is 25.8 Å². The molecule has 3 heterocycles. The summed E-state index contributed by atoms with van der Waals surface area (Å²) in [6.07, 6.45) is 4.20. The van der Waals surface area contributed by atoms with Crippen molar-refractivity contribution in [2.75, 3.05) is 48.5 Å². The molecule has 0 bridgehead atoms. The average molecular weight is 471 g/mol. The van der Waals surface area contributed by atoms with Crippen LogP contribution in [0.4, 0.5) is 22.9 Å². The van der Waals surface area contributed by atoms with Crippen LogP contribution < -0.4 is 19.9 Å². The molecule has 2 aromatic carbocycles. The molecule has 3 aromatic rings. The molecule has 1 atom stereocenters. The number of methoxy groups -OCH3 is 1. The maximum absolute atomic E-state index is 14.2. The Morgan fingerprint density at radius 1 is 1.11 bits per heavy atom. The van der Waals surface area contributed by atoms with E-state index >= 15 is 0 Å². The first-order valence-electron chi connectivity index (χ1n) is 12.3. The second-order valence-corrected chi connectivity index (χ2v) is 9.40. The fourth-order valence-electron chi connectivity index (χ4n) is 5.50. The Morgan fingerprint density at radius 3 is 2.83 bits per heavy atom. The second kappa shape index (κ2) is 9.23. The van der Waals surface area contributed by atoms with Gasteiger partial charge >= 0.3 is 0 Å². The number of fused-ring (bicyclic) bond motifs is 3. The molecule has 0 saturated carbocycles. The highest BCUT2D eigenvalue weighted by atomic mass is 16.5. The average Bonchev–Trinajstić information content (AvgIpc) is 3.09. The number of carbonyl (C=O) groups is 1. The van der Waals surface area contributed by atoms with Crippen molar-refractivity contribution in [2.24, 2.45) is 5.92 Å². The van der Waals surface area contributed by atoms with E-state index in [2.05, 4.69) is 39.5 Å². The van der Waals surface area contributed by atoms with Gasteiger partial charge in [0.05, 0.1) is 38.2 Å². The number of benzene rings is 2. The van der Waals surface area contributed by atoms with E-state index in [1.165, 1.54) is 5.56 Å². The van der Waals surface area contributed by atoms with Gasteiger partial charge < -0.3 is 24.6 Å². The molecule has 180 valence electrons. The molecule has 35 heavy (non-hydrogen) atoms. The third-order valence-corrected chi connectivity index (χ3v) is 7.40. The summed E-state index contributed by atoms with van der Waals surface area (Å²) in [5.74, 6) is 1.73. The van der Waals surface area contributed by atoms with Gasteiger partial charge in [0, 0.05) is 36.5 Å². The molecule has 6 rings (SSSR count). The minimum atomic E-state index is -0.100. The number of nitrogens with zero attached hydrogens (tertiary/aromatic N) is 3. The third-order valence-electron chi connectivity index (χ3n) is 7.40. The van der Waals surface area contributed by atoms with E-state index in [1.807, 2.05) is 29.2 Å². The SMILES string of the molecule is COc1cccc2c1CC(C(=O)N1Cc3cccnc3Nc3ccc(N4CCOCC4)cc31)CC2. The van der Waals surface area contributed by atoms with Crippen LogP contribution >= 0.6 is 0 Å². The summed E-state index contributed by atoms with van der Waals surface area (Å²) in [7, 11) is 1.70. The number of hydrogen-bond acceptors (Lipinski definition) is 6. The highest BCUT2D eigenvalue weighted by molar-refractivity contribution is 6.00. The third kappa shape index (κ3) is 4.10. The number of aryl methyl sites for hydroxylation is 1. The largest absolute Gasteiger partial charge is 0.496 e. The number of carbonyl (C=O) groups excluding carboxylic acids is 1. The van der Waals surface area contributed by atoms with Crippen molar-refractivity contribution in [1.82, 2.24) is 4.98 Å². The molecule has 1 amide bonds. The van der Waals surface area contributed by atoms with Gasteiger partial charge in [-0.25, -0.2) is 4.98 Å². The molecular formula is C28H30N4O3. The number of anilines is 4. The number of amides is 1. The predicted molar refractivity (Wildman–Crippen MR) is 137 cm³/mol. The van der Waals surface area contributed by atoms with E-state index in [9.17, 15) is 4.79 Å². The maximum Gasteiger partial charge on any atom is 0.230 e. The molecule has 1 saturated heterocycles. The van der Waals surface area contributed by atoms with Gasteiger partial charge in [0.1, 0.15) is 11.6 Å². The standard InChI is InChI=1S/C28H30N4O3/c1-34-26-6-2-4-19-7-8-20(16-23(19)26)28(33)32-18-21-5-3-11-29-27(21)30-24-10-9-22(17-25(24)32)31-12-14-35-15-13-31/h2-6,9-11,17,20H,7-8,12-16,18H2,1H3,(H,29,30). The highest BCUT2D eigenvalue weighted by Crippen LogP contribution is 2.40. The number of ether oxygens (including phenoxy) is 2. The molecule has 1 aromatic heterocycles. The smallest absolute Gasteiger partial charge is 0.230 e. The van der Waals surface area contributed by atoms with Crippen LogP contribution in [0.1, 0.15) is 23.1 Å². The lowest BCUT2D eigenvalue weighted by molar-refractivity contribution is -0.122. The fourth-order valence-corrected chi connectivity index (χ4v) is 5.50. The molecule has 1 fully saturated rings. The molecule has 2 aliphatic heterocycles. The summed E-state index contributed by atoms with van der Waals surface area (Å²) in [4.78, 5) is 23.0. The quantitative estimate of drug-likeness (QED) is 0.615. The van der Waals surface area contributed by atoms with Gasteiger partial charge in [0.2, 0.25) is 5.91 Å². The number of nitrogens with one attached hydrogen (secondary N) is 1. The first-order valence-corrected chi connectivity index (χ1v) is 12.3. The monoisotopic (exact) mass is 470 g/mol. The van der Waals surface area contributed by atoms with Crippen molar-refractivity contribution < 1.29 is 14.3 Å². The lowest BCUT2D eigenvalue weighted by Crippen LogP contribution is -2.39. The number of morpholine rings is 1. The van der Waals surface area contributed by atoms with Crippen LogP contribution in [-0.4, -0.2) is 44.3 Å². The molecule has 1 unspecified atom stereocenters. The van der Waals surface area contributed by atoms with Crippen LogP contribution in [0, 0.1) is 5.92 Å². The van der Waals surface area contributed by atoms with Crippen molar-refractivity contribution in [1.29, 1.82) is 0 Å². The van der Waals surface area contributed by atoms with E-state index in [0.29, 0.717) is 13.0 Å². The highest BCUT2D eigenvalue weighted by Gasteiger charge is 2.33. The van der Waals surface area contributed by atoms with Gasteiger partial charge in [0.25, 0.3) is 0 Å². The number of rotatable bonds is 3. The molecule has 3 aliphatic rings. The van der Waals surface area contributed by atoms with Crippen LogP contribution in [0.3, 0.4) is 0 Å². The van der Waals surface area contributed by atoms with Gasteiger partial charge in [-0.3, -0.25) is 4.79 Å². The topological polar surface area (TPSA) is 66.9 Å². The van der Waals surface area contributed by atoms with E-state index in [1.54, 1.807) is 13.3 Å². The lowest BCUT2D eigenvalue weighted by Gasteiger charge is -2.33. The molecular weight excluding hydrogens is 440 g/mol. The normalized spacial score (nSPS) is 19.1. The molecule has 0 spiro atoms. The molecule has 0 radical (unpaired) electrons. The Kier molecular flexibility index (Phi) is 5.78. The Labute approximate surface area is 205 Å². The van der Waals surface area contributed by atoms with Crippen LogP contribution in [0.2, 0.25) is 0 Å². The van der Waals surface area contributed by atoms with Crippen LogP contribution in [0.25, 0.3) is 0 Å². The van der Waals surface area contributed by atoms with Crippen molar-refractivity contribution in [3.05, 3.63) is 71.4 Å². The summed E-state index contributed by atoms with van der Waals surface area (Å²) in [5.41, 5.74) is 6.39. The number of hydrogen-bond donors (Lipinski definition) is 1. The first-order chi connectivity index (χ1) is 17.2. The minimum absolute atomic E-state index is 0.100. The second-order valence-electron chi connectivity index (χ2n) is 9.40. The summed E-state index contributed by atoms with van der Waals surface area (Å²) in [6.45, 7) is 3.62. The predicted octanol–water partition coefficient (Wildman–Crippen LogP) is 4.32. The van der Waals surface area contributed by atoms with Crippen LogP contribution in [-0.2, 0) is 28.9 Å². The maximum atomic E-state index is 14.2. The van der Waals surface area contributed by atoms with Gasteiger partial charge in [-0.05, 0) is 60.7 Å². The molecule has 7 nitrogen and oxygen atoms in total. The summed E-state index contributed by atoms with van der Waals surface area (Å²) in [6, 6.07) is 16.5. The summed E-state index contributed by atoms with van der Waals surface area (Å²) in [5, 5.41) is 3.49. The zero-order valence-corrected chi connectivity index (χ0v) is 20.0. The summed E-state index contributed by atoms with van der Waals surface area (Å²) < 4.78 is 11.2. The molecule has 7 heteroatoms. The Hall–Kier alpha value is -3.58. The van der Waals surface area contributed by atoms with Crippen LogP contribution in [0.5, 0.6) is 5.75 Å². The van der Waals surface area contributed by atoms with E-state index in [-0.39, 0.29) is 11.8 Å². The van der Waals surface area contributed by atoms with Crippen molar-refractivity contribution >= 4 is 28.8 Å².